The number of hydrogen-bond donors (Lipinski definition) is 1. The van der Waals surface area contributed by atoms with Crippen LogP contribution in [-0.4, -0.2) is 29.0 Å². The van der Waals surface area contributed by atoms with Gasteiger partial charge >= 0.3 is 5.97 Å². The zero-order valence-corrected chi connectivity index (χ0v) is 10.9. The smallest absolute Gasteiger partial charge is 0.358 e. The van der Waals surface area contributed by atoms with Crippen LogP contribution in [0.4, 0.5) is 5.69 Å². The van der Waals surface area contributed by atoms with Crippen molar-refractivity contribution in [2.45, 2.75) is 6.42 Å². The highest BCUT2D eigenvalue weighted by Gasteiger charge is 2.15. The highest BCUT2D eigenvalue weighted by molar-refractivity contribution is 6.00. The van der Waals surface area contributed by atoms with E-state index >= 15 is 0 Å². The van der Waals surface area contributed by atoms with Crippen LogP contribution in [0.1, 0.15) is 16.2 Å². The van der Waals surface area contributed by atoms with Gasteiger partial charge in [-0.1, -0.05) is 6.07 Å². The molecule has 0 atom stereocenters. The highest BCUT2D eigenvalue weighted by Crippen LogP contribution is 2.13. The van der Waals surface area contributed by atoms with Gasteiger partial charge in [-0.05, 0) is 24.3 Å². The fourth-order valence-corrected chi connectivity index (χ4v) is 1.63. The number of carbonyl (C=O) groups is 2. The summed E-state index contributed by atoms with van der Waals surface area (Å²) in [4.78, 5) is 31.4. The van der Waals surface area contributed by atoms with Gasteiger partial charge < -0.3 is 10.1 Å². The lowest BCUT2D eigenvalue weighted by atomic mass is 10.2. The molecule has 1 amide bonds. The molecule has 2 aromatic heterocycles. The monoisotopic (exact) mass is 271 g/mol. The van der Waals surface area contributed by atoms with Gasteiger partial charge in [-0.25, -0.2) is 9.78 Å². The van der Waals surface area contributed by atoms with Gasteiger partial charge in [0, 0.05) is 18.1 Å². The predicted octanol–water partition coefficient (Wildman–Crippen LogP) is 1.44. The lowest BCUT2D eigenvalue weighted by Crippen LogP contribution is -2.18. The molecule has 20 heavy (non-hydrogen) atoms. The summed E-state index contributed by atoms with van der Waals surface area (Å²) in [7, 11) is 1.26. The molecule has 0 unspecified atom stereocenters. The van der Waals surface area contributed by atoms with Gasteiger partial charge in [-0.3, -0.25) is 9.78 Å². The van der Waals surface area contributed by atoms with E-state index in [4.69, 9.17) is 0 Å². The van der Waals surface area contributed by atoms with Crippen LogP contribution in [0.25, 0.3) is 0 Å². The van der Waals surface area contributed by atoms with Crippen LogP contribution in [0.15, 0.2) is 42.7 Å². The van der Waals surface area contributed by atoms with Crippen LogP contribution in [-0.2, 0) is 16.0 Å². The van der Waals surface area contributed by atoms with Crippen molar-refractivity contribution in [2.24, 2.45) is 0 Å². The maximum atomic E-state index is 11.9. The Bertz CT molecular complexity index is 614. The molecule has 0 aromatic carbocycles. The van der Waals surface area contributed by atoms with Gasteiger partial charge in [-0.2, -0.15) is 0 Å². The molecule has 0 aliphatic carbocycles. The molecule has 2 aromatic rings. The number of anilines is 1. The Kier molecular flexibility index (Phi) is 4.39. The number of hydrogen-bond acceptors (Lipinski definition) is 5. The van der Waals surface area contributed by atoms with Gasteiger partial charge in [0.2, 0.25) is 5.91 Å². The molecular weight excluding hydrogens is 258 g/mol. The Morgan fingerprint density at radius 1 is 1.15 bits per heavy atom. The van der Waals surface area contributed by atoms with Crippen molar-refractivity contribution in [3.05, 3.63) is 54.1 Å². The number of carbonyl (C=O) groups excluding carboxylic acids is 2. The van der Waals surface area contributed by atoms with E-state index in [-0.39, 0.29) is 18.0 Å². The van der Waals surface area contributed by atoms with E-state index in [2.05, 4.69) is 20.0 Å². The number of methoxy groups -OCH3 is 1. The summed E-state index contributed by atoms with van der Waals surface area (Å²) < 4.78 is 4.61. The third-order valence-electron chi connectivity index (χ3n) is 2.53. The quantitative estimate of drug-likeness (QED) is 0.851. The summed E-state index contributed by atoms with van der Waals surface area (Å²) in [6.07, 6.45) is 3.20. The van der Waals surface area contributed by atoms with Gasteiger partial charge in [0.25, 0.3) is 0 Å². The molecule has 102 valence electrons. The van der Waals surface area contributed by atoms with Crippen molar-refractivity contribution in [1.82, 2.24) is 9.97 Å². The first-order valence-electron chi connectivity index (χ1n) is 5.94. The number of esters is 1. The van der Waals surface area contributed by atoms with Crippen molar-refractivity contribution in [2.75, 3.05) is 12.4 Å². The van der Waals surface area contributed by atoms with E-state index < -0.39 is 5.97 Å². The average Bonchev–Trinajstić information content (AvgIpc) is 2.48. The molecule has 0 aliphatic heterocycles. The topological polar surface area (TPSA) is 81.2 Å². The minimum atomic E-state index is -0.598. The lowest BCUT2D eigenvalue weighted by molar-refractivity contribution is -0.115. The highest BCUT2D eigenvalue weighted by atomic mass is 16.5. The predicted molar refractivity (Wildman–Crippen MR) is 72.1 cm³/mol. The second-order valence-electron chi connectivity index (χ2n) is 3.94. The SMILES string of the molecule is COC(=O)c1ncccc1NC(=O)Cc1ccccn1. The Morgan fingerprint density at radius 3 is 2.65 bits per heavy atom. The third-order valence-corrected chi connectivity index (χ3v) is 2.53. The summed E-state index contributed by atoms with van der Waals surface area (Å²) >= 11 is 0. The first-order valence-corrected chi connectivity index (χ1v) is 5.94. The summed E-state index contributed by atoms with van der Waals surface area (Å²) in [6.45, 7) is 0. The molecule has 6 nitrogen and oxygen atoms in total. The number of nitrogens with zero attached hydrogens (tertiary/aromatic N) is 2. The van der Waals surface area contributed by atoms with E-state index in [1.807, 2.05) is 0 Å². The minimum Gasteiger partial charge on any atom is -0.464 e. The summed E-state index contributed by atoms with van der Waals surface area (Å²) in [5.74, 6) is -0.874. The first kappa shape index (κ1) is 13.7. The molecular formula is C14H13N3O3. The zero-order valence-electron chi connectivity index (χ0n) is 10.9. The number of rotatable bonds is 4. The molecule has 6 heteroatoms. The van der Waals surface area contributed by atoms with Crippen LogP contribution in [0.2, 0.25) is 0 Å². The average molecular weight is 271 g/mol. The molecule has 0 aliphatic rings. The molecule has 2 heterocycles. The molecule has 2 rings (SSSR count). The molecule has 1 N–H and O–H groups in total. The van der Waals surface area contributed by atoms with Gasteiger partial charge in [-0.15, -0.1) is 0 Å². The van der Waals surface area contributed by atoms with Crippen LogP contribution >= 0.6 is 0 Å². The Hall–Kier alpha value is -2.76. The molecule has 0 saturated carbocycles. The fraction of sp³-hybridized carbons (Fsp3) is 0.143. The molecule has 0 radical (unpaired) electrons. The van der Waals surface area contributed by atoms with Crippen molar-refractivity contribution >= 4 is 17.6 Å². The van der Waals surface area contributed by atoms with Crippen LogP contribution in [0.3, 0.4) is 0 Å². The van der Waals surface area contributed by atoms with Gasteiger partial charge in [0.05, 0.1) is 19.2 Å². The van der Waals surface area contributed by atoms with E-state index in [9.17, 15) is 9.59 Å². The second kappa shape index (κ2) is 6.42. The summed E-state index contributed by atoms with van der Waals surface area (Å²) in [5.41, 5.74) is 1.04. The first-order chi connectivity index (χ1) is 9.70. The fourth-order valence-electron chi connectivity index (χ4n) is 1.63. The van der Waals surface area contributed by atoms with E-state index in [0.29, 0.717) is 11.4 Å². The van der Waals surface area contributed by atoms with Gasteiger partial charge in [0.1, 0.15) is 0 Å². The van der Waals surface area contributed by atoms with Crippen molar-refractivity contribution in [1.29, 1.82) is 0 Å². The molecule has 0 saturated heterocycles. The van der Waals surface area contributed by atoms with Crippen molar-refractivity contribution in [3.8, 4) is 0 Å². The standard InChI is InChI=1S/C14H13N3O3/c1-20-14(19)13-11(6-4-8-16-13)17-12(18)9-10-5-2-3-7-15-10/h2-8H,9H2,1H3,(H,17,18). The Morgan fingerprint density at radius 2 is 1.95 bits per heavy atom. The largest absolute Gasteiger partial charge is 0.464 e. The minimum absolute atomic E-state index is 0.0735. The molecule has 0 bridgehead atoms. The third kappa shape index (κ3) is 3.38. The van der Waals surface area contributed by atoms with E-state index in [0.717, 1.165) is 0 Å². The van der Waals surface area contributed by atoms with Crippen LogP contribution in [0, 0.1) is 0 Å². The Balaban J connectivity index is 2.10. The van der Waals surface area contributed by atoms with Crippen LogP contribution in [0.5, 0.6) is 0 Å². The zero-order chi connectivity index (χ0) is 14.4. The lowest BCUT2D eigenvalue weighted by Gasteiger charge is -2.08. The summed E-state index contributed by atoms with van der Waals surface area (Å²) in [6, 6.07) is 8.56. The van der Waals surface area contributed by atoms with E-state index in [1.54, 1.807) is 36.5 Å². The van der Waals surface area contributed by atoms with Gasteiger partial charge in [0.15, 0.2) is 5.69 Å². The number of amides is 1. The maximum Gasteiger partial charge on any atom is 0.358 e. The van der Waals surface area contributed by atoms with Crippen molar-refractivity contribution in [3.63, 3.8) is 0 Å². The number of ether oxygens (including phenoxy) is 1. The van der Waals surface area contributed by atoms with Crippen molar-refractivity contribution < 1.29 is 14.3 Å². The number of aromatic nitrogens is 2. The molecule has 0 fully saturated rings. The number of nitrogens with one attached hydrogen (secondary N) is 1. The second-order valence-corrected chi connectivity index (χ2v) is 3.94. The van der Waals surface area contributed by atoms with Crippen LogP contribution < -0.4 is 5.32 Å². The Labute approximate surface area is 115 Å². The normalized spacial score (nSPS) is 9.85. The molecule has 0 spiro atoms. The summed E-state index contributed by atoms with van der Waals surface area (Å²) in [5, 5.41) is 2.63. The van der Waals surface area contributed by atoms with E-state index in [1.165, 1.54) is 13.3 Å². The number of pyridine rings is 2. The maximum absolute atomic E-state index is 11.9.